The lowest BCUT2D eigenvalue weighted by Crippen LogP contribution is -2.35. The highest BCUT2D eigenvalue weighted by atomic mass is 32.2. The third kappa shape index (κ3) is 3.80. The zero-order valence-corrected chi connectivity index (χ0v) is 17.5. The minimum absolute atomic E-state index is 0.00601. The van der Waals surface area contributed by atoms with Crippen molar-refractivity contribution in [3.63, 3.8) is 0 Å². The summed E-state index contributed by atoms with van der Waals surface area (Å²) in [6, 6.07) is 4.60. The van der Waals surface area contributed by atoms with Crippen molar-refractivity contribution < 1.29 is 4.79 Å². The van der Waals surface area contributed by atoms with Gasteiger partial charge in [-0.05, 0) is 31.4 Å². The molecule has 0 saturated carbocycles. The van der Waals surface area contributed by atoms with E-state index in [0.717, 1.165) is 35.7 Å². The van der Waals surface area contributed by atoms with E-state index in [2.05, 4.69) is 20.5 Å². The number of thioether (sulfide) groups is 1. The number of aryl methyl sites for hydroxylation is 1. The molecule has 1 N–H and O–H groups in total. The molecule has 3 aromatic rings. The number of carbonyl (C=O) groups is 1. The summed E-state index contributed by atoms with van der Waals surface area (Å²) in [5.74, 6) is 1.02. The van der Waals surface area contributed by atoms with Crippen molar-refractivity contribution in [2.24, 2.45) is 0 Å². The number of hydrogen-bond donors (Lipinski definition) is 1. The van der Waals surface area contributed by atoms with E-state index < -0.39 is 0 Å². The Balaban J connectivity index is 1.21. The van der Waals surface area contributed by atoms with Crippen LogP contribution in [0.25, 0.3) is 5.82 Å². The van der Waals surface area contributed by atoms with E-state index in [1.807, 2.05) is 0 Å². The van der Waals surface area contributed by atoms with Gasteiger partial charge in [0.1, 0.15) is 0 Å². The number of hydrogen-bond acceptors (Lipinski definition) is 7. The van der Waals surface area contributed by atoms with Gasteiger partial charge in [-0.1, -0.05) is 11.8 Å². The van der Waals surface area contributed by atoms with Gasteiger partial charge in [-0.3, -0.25) is 19.0 Å². The lowest BCUT2D eigenvalue weighted by atomic mass is 10.2. The number of nitrogens with one attached hydrogen (secondary N) is 1. The minimum Gasteiger partial charge on any atom is -0.354 e. The van der Waals surface area contributed by atoms with Crippen molar-refractivity contribution in [2.75, 3.05) is 12.3 Å². The maximum Gasteiger partial charge on any atom is 0.266 e. The van der Waals surface area contributed by atoms with Crippen LogP contribution in [0.3, 0.4) is 0 Å². The third-order valence-corrected chi connectivity index (χ3v) is 6.63. The van der Waals surface area contributed by atoms with Crippen molar-refractivity contribution in [1.29, 1.82) is 0 Å². The molecule has 1 amide bonds. The normalized spacial score (nSPS) is 16.8. The molecule has 160 valence electrons. The van der Waals surface area contributed by atoms with Gasteiger partial charge >= 0.3 is 0 Å². The number of amides is 1. The lowest BCUT2D eigenvalue weighted by Gasteiger charge is -2.14. The smallest absolute Gasteiger partial charge is 0.266 e. The molecule has 0 fully saturated rings. The molecule has 0 radical (unpaired) electrons. The molecule has 31 heavy (non-hydrogen) atoms. The standard InChI is InChI=1S/C20H21N7O3S/c28-17(11-13-12-31-20-23-15-4-1-3-14(15)19(30)27(13)20)21-8-10-26-18(29)6-5-16(24-26)25-9-2-7-22-25/h2,5-7,9,13H,1,3-4,8,10-12H2,(H,21,28). The predicted octanol–water partition coefficient (Wildman–Crippen LogP) is 0.328. The summed E-state index contributed by atoms with van der Waals surface area (Å²) >= 11 is 1.53. The Morgan fingerprint density at radius 3 is 3.00 bits per heavy atom. The lowest BCUT2D eigenvalue weighted by molar-refractivity contribution is -0.121. The molecule has 1 atom stereocenters. The molecule has 3 aromatic heterocycles. The average molecular weight is 440 g/mol. The molecule has 1 aliphatic heterocycles. The summed E-state index contributed by atoms with van der Waals surface area (Å²) in [6.07, 6.45) is 6.17. The first kappa shape index (κ1) is 19.7. The fourth-order valence-electron chi connectivity index (χ4n) is 4.01. The molecule has 5 rings (SSSR count). The summed E-state index contributed by atoms with van der Waals surface area (Å²) in [7, 11) is 0. The topological polar surface area (TPSA) is 117 Å². The fourth-order valence-corrected chi connectivity index (χ4v) is 5.17. The number of rotatable bonds is 6. The Kier molecular flexibility index (Phi) is 5.18. The van der Waals surface area contributed by atoms with Crippen LogP contribution in [0.5, 0.6) is 0 Å². The summed E-state index contributed by atoms with van der Waals surface area (Å²) in [4.78, 5) is 42.0. The highest BCUT2D eigenvalue weighted by molar-refractivity contribution is 7.99. The quantitative estimate of drug-likeness (QED) is 0.550. The van der Waals surface area contributed by atoms with E-state index in [9.17, 15) is 14.4 Å². The van der Waals surface area contributed by atoms with Crippen LogP contribution in [0.1, 0.15) is 30.1 Å². The van der Waals surface area contributed by atoms with E-state index in [1.165, 1.54) is 22.5 Å². The van der Waals surface area contributed by atoms with E-state index in [4.69, 9.17) is 0 Å². The van der Waals surface area contributed by atoms with E-state index in [0.29, 0.717) is 11.6 Å². The molecule has 10 nitrogen and oxygen atoms in total. The van der Waals surface area contributed by atoms with Crippen LogP contribution in [-0.4, -0.2) is 47.3 Å². The molecule has 2 aliphatic rings. The number of carbonyl (C=O) groups excluding carboxylic acids is 1. The van der Waals surface area contributed by atoms with Gasteiger partial charge in [0.05, 0.1) is 18.3 Å². The summed E-state index contributed by atoms with van der Waals surface area (Å²) in [5, 5.41) is 11.9. The van der Waals surface area contributed by atoms with Gasteiger partial charge in [0.2, 0.25) is 5.91 Å². The van der Waals surface area contributed by atoms with Gasteiger partial charge in [-0.2, -0.15) is 5.10 Å². The molecule has 11 heteroatoms. The van der Waals surface area contributed by atoms with Crippen LogP contribution >= 0.6 is 11.8 Å². The third-order valence-electron chi connectivity index (χ3n) is 5.53. The first-order valence-corrected chi connectivity index (χ1v) is 11.2. The molecular weight excluding hydrogens is 418 g/mol. The Bertz CT molecular complexity index is 1250. The predicted molar refractivity (Wildman–Crippen MR) is 114 cm³/mol. The Hall–Kier alpha value is -3.21. The largest absolute Gasteiger partial charge is 0.354 e. The Morgan fingerprint density at radius 1 is 1.26 bits per heavy atom. The number of fused-ring (bicyclic) bond motifs is 2. The van der Waals surface area contributed by atoms with Crippen LogP contribution < -0.4 is 16.4 Å². The first-order valence-electron chi connectivity index (χ1n) is 10.2. The zero-order valence-electron chi connectivity index (χ0n) is 16.7. The van der Waals surface area contributed by atoms with E-state index in [-0.39, 0.29) is 42.6 Å². The molecule has 1 aliphatic carbocycles. The van der Waals surface area contributed by atoms with Crippen molar-refractivity contribution in [3.8, 4) is 5.82 Å². The highest BCUT2D eigenvalue weighted by Crippen LogP contribution is 2.33. The molecule has 4 heterocycles. The minimum atomic E-state index is -0.252. The van der Waals surface area contributed by atoms with Gasteiger partial charge in [-0.25, -0.2) is 14.3 Å². The van der Waals surface area contributed by atoms with Crippen molar-refractivity contribution in [1.82, 2.24) is 34.4 Å². The summed E-state index contributed by atoms with van der Waals surface area (Å²) < 4.78 is 4.55. The van der Waals surface area contributed by atoms with Gasteiger partial charge < -0.3 is 5.32 Å². The number of nitrogens with zero attached hydrogens (tertiary/aromatic N) is 6. The molecule has 0 spiro atoms. The Labute approximate surface area is 181 Å². The van der Waals surface area contributed by atoms with Crippen LogP contribution in [0.2, 0.25) is 0 Å². The van der Waals surface area contributed by atoms with Crippen LogP contribution in [0, 0.1) is 0 Å². The van der Waals surface area contributed by atoms with Crippen LogP contribution in [0.15, 0.2) is 45.3 Å². The van der Waals surface area contributed by atoms with Gasteiger partial charge in [0, 0.05) is 42.7 Å². The van der Waals surface area contributed by atoms with Crippen LogP contribution in [0.4, 0.5) is 0 Å². The number of aromatic nitrogens is 6. The van der Waals surface area contributed by atoms with Gasteiger partial charge in [0.15, 0.2) is 11.0 Å². The van der Waals surface area contributed by atoms with Gasteiger partial charge in [0.25, 0.3) is 11.1 Å². The van der Waals surface area contributed by atoms with E-state index >= 15 is 0 Å². The van der Waals surface area contributed by atoms with Crippen molar-refractivity contribution in [3.05, 3.63) is 62.6 Å². The summed E-state index contributed by atoms with van der Waals surface area (Å²) in [6.45, 7) is 0.503. The maximum absolute atomic E-state index is 12.8. The van der Waals surface area contributed by atoms with Crippen molar-refractivity contribution >= 4 is 17.7 Å². The second-order valence-corrected chi connectivity index (χ2v) is 8.56. The average Bonchev–Trinajstić information content (AvgIpc) is 3.51. The monoisotopic (exact) mass is 439 g/mol. The molecule has 0 bridgehead atoms. The van der Waals surface area contributed by atoms with Crippen molar-refractivity contribution in [2.45, 2.75) is 43.4 Å². The fraction of sp³-hybridized carbons (Fsp3) is 0.400. The maximum atomic E-state index is 12.8. The second-order valence-electron chi connectivity index (χ2n) is 7.57. The van der Waals surface area contributed by atoms with Gasteiger partial charge in [-0.15, -0.1) is 5.10 Å². The SMILES string of the molecule is O=C(CC1CSc2nc3c(c(=O)n21)CCC3)NCCn1nc(-n2cccn2)ccc1=O. The summed E-state index contributed by atoms with van der Waals surface area (Å²) in [5.41, 5.74) is 1.48. The Morgan fingerprint density at radius 2 is 2.16 bits per heavy atom. The molecule has 0 aromatic carbocycles. The molecule has 1 unspecified atom stereocenters. The first-order chi connectivity index (χ1) is 15.1. The second kappa shape index (κ2) is 8.14. The zero-order chi connectivity index (χ0) is 21.4. The molecule has 0 saturated heterocycles. The highest BCUT2D eigenvalue weighted by Gasteiger charge is 2.31. The van der Waals surface area contributed by atoms with E-state index in [1.54, 1.807) is 33.8 Å². The van der Waals surface area contributed by atoms with Crippen LogP contribution in [-0.2, 0) is 24.2 Å². The molecular formula is C20H21N7O3S.